The molecule has 2 aromatic rings. The number of ether oxygens (including phenoxy) is 2. The third-order valence-corrected chi connectivity index (χ3v) is 5.68. The summed E-state index contributed by atoms with van der Waals surface area (Å²) in [5.74, 6) is -1.34. The van der Waals surface area contributed by atoms with Crippen molar-refractivity contribution in [3.63, 3.8) is 0 Å². The second-order valence-corrected chi connectivity index (χ2v) is 9.91. The molecule has 0 bridgehead atoms. The summed E-state index contributed by atoms with van der Waals surface area (Å²) < 4.78 is 24.3. The second-order valence-electron chi connectivity index (χ2n) is 8.99. The number of carboxylic acid groups (broad SMARTS) is 1. The summed E-state index contributed by atoms with van der Waals surface area (Å²) in [7, 11) is 1.54. The number of rotatable bonds is 6. The number of hydrogen-bond donors (Lipinski definition) is 0. The Labute approximate surface area is 216 Å². The van der Waals surface area contributed by atoms with Crippen molar-refractivity contribution < 1.29 is 33.4 Å². The van der Waals surface area contributed by atoms with E-state index in [1.54, 1.807) is 27.8 Å². The maximum Gasteiger partial charge on any atom is 0.410 e. The van der Waals surface area contributed by atoms with Crippen LogP contribution in [0.2, 0.25) is 0 Å². The van der Waals surface area contributed by atoms with Gasteiger partial charge in [-0.1, -0.05) is 15.9 Å². The van der Waals surface area contributed by atoms with Crippen LogP contribution in [0.15, 0.2) is 64.3 Å². The van der Waals surface area contributed by atoms with Gasteiger partial charge in [0, 0.05) is 30.2 Å². The van der Waals surface area contributed by atoms with Crippen molar-refractivity contribution in [3.8, 4) is 5.75 Å². The standard InChI is InChI=1S/C25H25BrFN3O6/c1-25(2,3)36-23(32)29(4)13-11-21-28-12-14-30(21,24(33)34)17-6-8-18(9-7-17)35-22(31)19-10-5-16(26)15-20(19)27/h5-10,12,14-15H,11,13H2,1-4H3. The van der Waals surface area contributed by atoms with E-state index in [1.807, 2.05) is 0 Å². The molecule has 1 aliphatic heterocycles. The number of amides is 2. The topological polar surface area (TPSA) is 108 Å². The van der Waals surface area contributed by atoms with Crippen molar-refractivity contribution in [2.75, 3.05) is 13.6 Å². The van der Waals surface area contributed by atoms with Gasteiger partial charge in [0.25, 0.3) is 6.09 Å². The highest BCUT2D eigenvalue weighted by molar-refractivity contribution is 9.10. The zero-order valence-electron chi connectivity index (χ0n) is 20.2. The van der Waals surface area contributed by atoms with E-state index >= 15 is 0 Å². The smallest absolute Gasteiger partial charge is 0.410 e. The van der Waals surface area contributed by atoms with Gasteiger partial charge >= 0.3 is 12.1 Å². The van der Waals surface area contributed by atoms with Crippen LogP contribution in [0.4, 0.5) is 19.7 Å². The zero-order chi connectivity index (χ0) is 26.7. The minimum atomic E-state index is -1.45. The van der Waals surface area contributed by atoms with Crippen molar-refractivity contribution in [2.24, 2.45) is 4.99 Å². The van der Waals surface area contributed by atoms with E-state index in [0.717, 1.165) is 6.07 Å². The Balaban J connectivity index is 1.75. The fraction of sp³-hybridized carbons (Fsp3) is 0.280. The normalized spacial score (nSPS) is 16.9. The molecule has 190 valence electrons. The molecule has 11 heteroatoms. The average molecular weight is 562 g/mol. The van der Waals surface area contributed by atoms with Gasteiger partial charge in [-0.3, -0.25) is 0 Å². The van der Waals surface area contributed by atoms with Gasteiger partial charge in [0.15, 0.2) is 0 Å². The van der Waals surface area contributed by atoms with Crippen molar-refractivity contribution in [1.29, 1.82) is 0 Å². The first kappa shape index (κ1) is 27.0. The lowest BCUT2D eigenvalue weighted by atomic mass is 10.2. The summed E-state index contributed by atoms with van der Waals surface area (Å²) >= 11 is 3.12. The summed E-state index contributed by atoms with van der Waals surface area (Å²) in [5, 5.41) is 12.3. The Morgan fingerprint density at radius 3 is 2.39 bits per heavy atom. The number of esters is 1. The molecule has 0 radical (unpaired) electrons. The predicted octanol–water partition coefficient (Wildman–Crippen LogP) is 4.60. The minimum absolute atomic E-state index is 0.0916. The number of halogens is 2. The molecular formula is C25H25BrFN3O6. The van der Waals surface area contributed by atoms with Gasteiger partial charge in [-0.05, 0) is 51.1 Å². The fourth-order valence-electron chi connectivity index (χ4n) is 3.41. The molecule has 1 atom stereocenters. The van der Waals surface area contributed by atoms with Crippen molar-refractivity contribution in [2.45, 2.75) is 32.8 Å². The van der Waals surface area contributed by atoms with Crippen LogP contribution in [-0.4, -0.2) is 48.1 Å². The van der Waals surface area contributed by atoms with Crippen molar-refractivity contribution in [1.82, 2.24) is 9.38 Å². The van der Waals surface area contributed by atoms with Crippen molar-refractivity contribution >= 4 is 45.6 Å². The van der Waals surface area contributed by atoms with Crippen LogP contribution in [0, 0.1) is 5.82 Å². The molecule has 0 N–H and O–H groups in total. The van der Waals surface area contributed by atoms with Crippen LogP contribution >= 0.6 is 15.9 Å². The number of amidine groups is 1. The Bertz CT molecular complexity index is 1240. The first-order chi connectivity index (χ1) is 16.8. The van der Waals surface area contributed by atoms with Gasteiger partial charge in [-0.25, -0.2) is 19.0 Å². The van der Waals surface area contributed by atoms with Crippen LogP contribution in [0.25, 0.3) is 0 Å². The quantitative estimate of drug-likeness (QED) is 0.290. The predicted molar refractivity (Wildman–Crippen MR) is 133 cm³/mol. The van der Waals surface area contributed by atoms with E-state index in [1.165, 1.54) is 53.7 Å². The number of carbonyl (C=O) groups is 3. The Hall–Kier alpha value is -3.57. The van der Waals surface area contributed by atoms with E-state index in [0.29, 0.717) is 4.47 Å². The van der Waals surface area contributed by atoms with Gasteiger partial charge in [-0.2, -0.15) is 4.48 Å². The summed E-state index contributed by atoms with van der Waals surface area (Å²) in [5.41, 5.74) is -0.653. The van der Waals surface area contributed by atoms with E-state index in [2.05, 4.69) is 20.9 Å². The van der Waals surface area contributed by atoms with E-state index in [4.69, 9.17) is 9.47 Å². The number of quaternary nitrogens is 1. The van der Waals surface area contributed by atoms with Gasteiger partial charge < -0.3 is 24.3 Å². The molecule has 1 heterocycles. The third-order valence-electron chi connectivity index (χ3n) is 5.19. The highest BCUT2D eigenvalue weighted by Gasteiger charge is 2.41. The number of nitrogens with zero attached hydrogens (tertiary/aromatic N) is 3. The molecule has 2 amide bonds. The molecule has 0 spiro atoms. The maximum absolute atomic E-state index is 14.1. The molecule has 0 saturated carbocycles. The summed E-state index contributed by atoms with van der Waals surface area (Å²) in [6.07, 6.45) is 0.813. The highest BCUT2D eigenvalue weighted by Crippen LogP contribution is 2.31. The number of benzene rings is 2. The Morgan fingerprint density at radius 1 is 1.14 bits per heavy atom. The molecule has 1 aliphatic rings. The summed E-state index contributed by atoms with van der Waals surface area (Å²) in [6.45, 7) is 5.39. The Morgan fingerprint density at radius 2 is 1.81 bits per heavy atom. The fourth-order valence-corrected chi connectivity index (χ4v) is 3.74. The molecule has 0 fully saturated rings. The highest BCUT2D eigenvalue weighted by atomic mass is 79.9. The molecule has 3 rings (SSSR count). The van der Waals surface area contributed by atoms with Crippen LogP contribution in [0.1, 0.15) is 37.6 Å². The minimum Gasteiger partial charge on any atom is -0.497 e. The van der Waals surface area contributed by atoms with Gasteiger partial charge in [-0.15, -0.1) is 0 Å². The SMILES string of the molecule is CN(CCC1=NC=C[N+]1(C(=O)[O-])c1ccc(OC(=O)c2ccc(Br)cc2F)cc1)C(=O)OC(C)(C)C. The molecule has 0 aliphatic carbocycles. The van der Waals surface area contributed by atoms with E-state index < -0.39 is 34.1 Å². The first-order valence-electron chi connectivity index (χ1n) is 10.9. The van der Waals surface area contributed by atoms with Gasteiger partial charge in [0.2, 0.25) is 5.84 Å². The summed E-state index contributed by atoms with van der Waals surface area (Å²) in [4.78, 5) is 42.4. The lowest BCUT2D eigenvalue weighted by molar-refractivity contribution is -0.257. The largest absolute Gasteiger partial charge is 0.497 e. The van der Waals surface area contributed by atoms with E-state index in [-0.39, 0.29) is 35.8 Å². The van der Waals surface area contributed by atoms with Gasteiger partial charge in [0.05, 0.1) is 18.2 Å². The van der Waals surface area contributed by atoms with Crippen LogP contribution in [0.5, 0.6) is 5.75 Å². The molecule has 1 unspecified atom stereocenters. The number of aliphatic imine (C=N–C) groups is 1. The maximum atomic E-state index is 14.1. The summed E-state index contributed by atoms with van der Waals surface area (Å²) in [6, 6.07) is 9.62. The third kappa shape index (κ3) is 5.97. The van der Waals surface area contributed by atoms with Crippen LogP contribution < -0.4 is 14.3 Å². The first-order valence-corrected chi connectivity index (χ1v) is 11.7. The molecule has 2 aromatic carbocycles. The lowest BCUT2D eigenvalue weighted by Gasteiger charge is -2.32. The molecule has 0 aromatic heterocycles. The second kappa shape index (κ2) is 10.6. The zero-order valence-corrected chi connectivity index (χ0v) is 21.7. The molecule has 0 saturated heterocycles. The lowest BCUT2D eigenvalue weighted by Crippen LogP contribution is -2.59. The van der Waals surface area contributed by atoms with Crippen molar-refractivity contribution in [3.05, 3.63) is 70.7 Å². The van der Waals surface area contributed by atoms with Crippen LogP contribution in [-0.2, 0) is 4.74 Å². The Kier molecular flexibility index (Phi) is 7.95. The molecular weight excluding hydrogens is 537 g/mol. The number of carbonyl (C=O) groups excluding carboxylic acids is 3. The van der Waals surface area contributed by atoms with E-state index in [9.17, 15) is 23.9 Å². The average Bonchev–Trinajstić information content (AvgIpc) is 3.21. The molecule has 36 heavy (non-hydrogen) atoms. The number of hydrogen-bond acceptors (Lipinski definition) is 7. The monoisotopic (exact) mass is 561 g/mol. The van der Waals surface area contributed by atoms with Gasteiger partial charge in [0.1, 0.15) is 29.1 Å². The molecule has 9 nitrogen and oxygen atoms in total. The van der Waals surface area contributed by atoms with Crippen LogP contribution in [0.3, 0.4) is 0 Å².